The molecule has 1 amide bonds. The zero-order valence-corrected chi connectivity index (χ0v) is 17.3. The molecule has 5 heteroatoms. The molecule has 0 spiro atoms. The lowest BCUT2D eigenvalue weighted by molar-refractivity contribution is 0.0513. The molecular formula is C23H30N2O3. The molecule has 0 saturated carbocycles. The van der Waals surface area contributed by atoms with Gasteiger partial charge in [-0.15, -0.1) is 6.58 Å². The van der Waals surface area contributed by atoms with Crippen LogP contribution in [0.3, 0.4) is 0 Å². The van der Waals surface area contributed by atoms with Crippen LogP contribution in [0, 0.1) is 13.8 Å². The second-order valence-electron chi connectivity index (χ2n) is 6.81. The van der Waals surface area contributed by atoms with Crippen LogP contribution in [0.25, 0.3) is 0 Å². The normalized spacial score (nSPS) is 10.6. The fourth-order valence-corrected chi connectivity index (χ4v) is 3.38. The summed E-state index contributed by atoms with van der Waals surface area (Å²) in [5, 5.41) is 2.95. The molecule has 0 aliphatic rings. The van der Waals surface area contributed by atoms with Crippen LogP contribution >= 0.6 is 0 Å². The smallest absolute Gasteiger partial charge is 0.355 e. The van der Waals surface area contributed by atoms with E-state index in [-0.39, 0.29) is 12.5 Å². The summed E-state index contributed by atoms with van der Waals surface area (Å²) in [6.45, 7) is 12.0. The molecule has 1 heterocycles. The number of aryl methyl sites for hydroxylation is 1. The molecule has 1 aromatic heterocycles. The molecule has 1 N–H and O–H groups in total. The van der Waals surface area contributed by atoms with Crippen molar-refractivity contribution < 1.29 is 14.3 Å². The minimum Gasteiger partial charge on any atom is -0.461 e. The van der Waals surface area contributed by atoms with Gasteiger partial charge in [0.1, 0.15) is 5.69 Å². The number of nitrogens with zero attached hydrogens (tertiary/aromatic N) is 1. The highest BCUT2D eigenvalue weighted by Crippen LogP contribution is 2.25. The molecule has 0 bridgehead atoms. The Hall–Kier alpha value is -2.82. The van der Waals surface area contributed by atoms with Crippen LogP contribution < -0.4 is 5.32 Å². The van der Waals surface area contributed by atoms with Crippen LogP contribution in [-0.4, -0.2) is 23.1 Å². The SMILES string of the molecule is C=CCn1c(C)c(C(=O)Nc2ccc(CCCC)cc2)c(C)c1C(=O)OCC. The number of carbonyl (C=O) groups excluding carboxylic acids is 2. The number of carbonyl (C=O) groups is 2. The van der Waals surface area contributed by atoms with Crippen LogP contribution in [-0.2, 0) is 17.7 Å². The van der Waals surface area contributed by atoms with Gasteiger partial charge in [-0.3, -0.25) is 4.79 Å². The number of esters is 1. The van der Waals surface area contributed by atoms with Crippen LogP contribution in [0.4, 0.5) is 5.69 Å². The lowest BCUT2D eigenvalue weighted by Crippen LogP contribution is -2.14. The van der Waals surface area contributed by atoms with E-state index < -0.39 is 5.97 Å². The van der Waals surface area contributed by atoms with Gasteiger partial charge in [0.2, 0.25) is 0 Å². The van der Waals surface area contributed by atoms with Crippen molar-refractivity contribution in [2.24, 2.45) is 0 Å². The van der Waals surface area contributed by atoms with Crippen molar-refractivity contribution in [3.63, 3.8) is 0 Å². The highest BCUT2D eigenvalue weighted by atomic mass is 16.5. The van der Waals surface area contributed by atoms with Gasteiger partial charge in [0.05, 0.1) is 12.2 Å². The van der Waals surface area contributed by atoms with Crippen molar-refractivity contribution in [2.45, 2.75) is 53.5 Å². The minimum atomic E-state index is -0.427. The van der Waals surface area contributed by atoms with Gasteiger partial charge < -0.3 is 14.6 Å². The highest BCUT2D eigenvalue weighted by molar-refractivity contribution is 6.08. The van der Waals surface area contributed by atoms with E-state index in [1.165, 1.54) is 5.56 Å². The van der Waals surface area contributed by atoms with Crippen molar-refractivity contribution in [1.29, 1.82) is 0 Å². The number of anilines is 1. The van der Waals surface area contributed by atoms with Crippen molar-refractivity contribution in [1.82, 2.24) is 4.57 Å². The molecule has 0 saturated heterocycles. The van der Waals surface area contributed by atoms with Crippen LogP contribution in [0.1, 0.15) is 64.4 Å². The topological polar surface area (TPSA) is 60.3 Å². The minimum absolute atomic E-state index is 0.232. The predicted octanol–water partition coefficient (Wildman–Crippen LogP) is 5.06. The van der Waals surface area contributed by atoms with Gasteiger partial charge in [-0.1, -0.05) is 31.6 Å². The Morgan fingerprint density at radius 3 is 2.43 bits per heavy atom. The molecule has 2 rings (SSSR count). The molecule has 150 valence electrons. The second-order valence-corrected chi connectivity index (χ2v) is 6.81. The van der Waals surface area contributed by atoms with Crippen LogP contribution in [0.15, 0.2) is 36.9 Å². The summed E-state index contributed by atoms with van der Waals surface area (Å²) in [4.78, 5) is 25.4. The molecule has 0 aliphatic carbocycles. The Bertz CT molecular complexity index is 848. The van der Waals surface area contributed by atoms with Gasteiger partial charge in [0.25, 0.3) is 5.91 Å². The van der Waals surface area contributed by atoms with E-state index in [9.17, 15) is 9.59 Å². The third kappa shape index (κ3) is 4.71. The number of aromatic nitrogens is 1. The summed E-state index contributed by atoms with van der Waals surface area (Å²) in [6.07, 6.45) is 5.04. The summed E-state index contributed by atoms with van der Waals surface area (Å²) in [6, 6.07) is 7.91. The molecule has 28 heavy (non-hydrogen) atoms. The van der Waals surface area contributed by atoms with E-state index in [4.69, 9.17) is 4.74 Å². The Morgan fingerprint density at radius 1 is 1.18 bits per heavy atom. The van der Waals surface area contributed by atoms with Crippen molar-refractivity contribution in [2.75, 3.05) is 11.9 Å². The first-order valence-electron chi connectivity index (χ1n) is 9.82. The number of hydrogen-bond donors (Lipinski definition) is 1. The molecule has 0 atom stereocenters. The molecule has 0 fully saturated rings. The number of benzene rings is 1. The lowest BCUT2D eigenvalue weighted by atomic mass is 10.1. The Morgan fingerprint density at radius 2 is 1.86 bits per heavy atom. The van der Waals surface area contributed by atoms with Crippen LogP contribution in [0.2, 0.25) is 0 Å². The lowest BCUT2D eigenvalue weighted by Gasteiger charge is -2.09. The summed E-state index contributed by atoms with van der Waals surface area (Å²) < 4.78 is 6.96. The largest absolute Gasteiger partial charge is 0.461 e. The monoisotopic (exact) mass is 382 g/mol. The Kier molecular flexibility index (Phi) is 7.61. The van der Waals surface area contributed by atoms with Crippen molar-refractivity contribution >= 4 is 17.6 Å². The van der Waals surface area contributed by atoms with Gasteiger partial charge in [0, 0.05) is 17.9 Å². The average Bonchev–Trinajstić information content (AvgIpc) is 2.91. The zero-order valence-electron chi connectivity index (χ0n) is 17.3. The second kappa shape index (κ2) is 9.93. The maximum atomic E-state index is 13.0. The number of unbranched alkanes of at least 4 members (excludes halogenated alkanes) is 1. The summed E-state index contributed by atoms with van der Waals surface area (Å²) in [7, 11) is 0. The van der Waals surface area contributed by atoms with Gasteiger partial charge >= 0.3 is 5.97 Å². The molecule has 5 nitrogen and oxygen atoms in total. The zero-order chi connectivity index (χ0) is 20.7. The van der Waals surface area contributed by atoms with E-state index in [1.807, 2.05) is 31.2 Å². The first-order valence-corrected chi connectivity index (χ1v) is 9.82. The molecular weight excluding hydrogens is 352 g/mol. The molecule has 0 radical (unpaired) electrons. The maximum absolute atomic E-state index is 13.0. The van der Waals surface area contributed by atoms with E-state index in [2.05, 4.69) is 18.8 Å². The highest BCUT2D eigenvalue weighted by Gasteiger charge is 2.26. The fraction of sp³-hybridized carbons (Fsp3) is 0.391. The molecule has 2 aromatic rings. The predicted molar refractivity (Wildman–Crippen MR) is 113 cm³/mol. The number of amides is 1. The molecule has 0 unspecified atom stereocenters. The number of ether oxygens (including phenoxy) is 1. The Balaban J connectivity index is 2.30. The first-order chi connectivity index (χ1) is 13.4. The summed E-state index contributed by atoms with van der Waals surface area (Å²) in [5.41, 5.74) is 4.24. The molecule has 0 aliphatic heterocycles. The number of rotatable bonds is 9. The number of allylic oxidation sites excluding steroid dienone is 1. The summed E-state index contributed by atoms with van der Waals surface area (Å²) in [5.74, 6) is -0.658. The summed E-state index contributed by atoms with van der Waals surface area (Å²) >= 11 is 0. The molecule has 1 aromatic carbocycles. The van der Waals surface area contributed by atoms with Gasteiger partial charge in [-0.25, -0.2) is 4.79 Å². The first kappa shape index (κ1) is 21.5. The van der Waals surface area contributed by atoms with E-state index in [1.54, 1.807) is 24.5 Å². The van der Waals surface area contributed by atoms with Crippen molar-refractivity contribution in [3.8, 4) is 0 Å². The standard InChI is InChI=1S/C23H30N2O3/c1-6-9-10-18-11-13-19(14-12-18)24-22(26)20-16(4)21(23(27)28-8-3)25(15-7-2)17(20)5/h7,11-14H,2,6,8-10,15H2,1,3-5H3,(H,24,26). The van der Waals surface area contributed by atoms with Crippen molar-refractivity contribution in [3.05, 3.63) is 65.0 Å². The maximum Gasteiger partial charge on any atom is 0.355 e. The average molecular weight is 383 g/mol. The third-order valence-electron chi connectivity index (χ3n) is 4.81. The number of nitrogens with one attached hydrogen (secondary N) is 1. The van der Waals surface area contributed by atoms with E-state index in [0.29, 0.717) is 23.4 Å². The third-order valence-corrected chi connectivity index (χ3v) is 4.81. The Labute approximate surface area is 167 Å². The van der Waals surface area contributed by atoms with E-state index >= 15 is 0 Å². The fourth-order valence-electron chi connectivity index (χ4n) is 3.38. The van der Waals surface area contributed by atoms with Gasteiger partial charge in [-0.2, -0.15) is 0 Å². The number of hydrogen-bond acceptors (Lipinski definition) is 3. The van der Waals surface area contributed by atoms with Crippen LogP contribution in [0.5, 0.6) is 0 Å². The van der Waals surface area contributed by atoms with Gasteiger partial charge in [-0.05, 0) is 56.9 Å². The quantitative estimate of drug-likeness (QED) is 0.487. The van der Waals surface area contributed by atoms with E-state index in [0.717, 1.165) is 30.6 Å². The van der Waals surface area contributed by atoms with Gasteiger partial charge in [0.15, 0.2) is 0 Å².